The molecule has 13 heteroatoms. The fraction of sp³-hybridized carbons (Fsp3) is 0.417. The molecule has 4 N–H and O–H groups in total. The van der Waals surface area contributed by atoms with Crippen LogP contribution in [0.2, 0.25) is 0 Å². The minimum atomic E-state index is -1.21. The summed E-state index contributed by atoms with van der Waals surface area (Å²) in [5, 5.41) is 17.3. The number of amides is 2. The molecule has 11 nitrogen and oxygen atoms in total. The van der Waals surface area contributed by atoms with Crippen LogP contribution in [0.15, 0.2) is 10.5 Å². The Bertz CT molecular complexity index is 701. The zero-order valence-electron chi connectivity index (χ0n) is 14.8. The Kier molecular flexibility index (Phi) is 7.76. The maximum atomic E-state index is 12.3. The molecule has 2 rings (SSSR count). The molecule has 1 fully saturated rings. The molecule has 132 valence electrons. The quantitative estimate of drug-likeness (QED) is 0.186. The monoisotopic (exact) mass is 381 g/mol. The molecule has 0 aliphatic carbocycles. The third-order valence-electron chi connectivity index (χ3n) is 3.11. The minimum Gasteiger partial charge on any atom is -1.00 e. The van der Waals surface area contributed by atoms with Crippen molar-refractivity contribution < 1.29 is 60.1 Å². The number of rotatable bonds is 7. The molecule has 1 aromatic heterocycles. The van der Waals surface area contributed by atoms with E-state index in [1.54, 1.807) is 6.92 Å². The summed E-state index contributed by atoms with van der Waals surface area (Å²) in [6, 6.07) is -1.41. The Morgan fingerprint density at radius 1 is 1.60 bits per heavy atom. The first kappa shape index (κ1) is 21.3. The Hall–Kier alpha value is -1.73. The van der Waals surface area contributed by atoms with Gasteiger partial charge in [-0.05, 0) is 6.92 Å². The van der Waals surface area contributed by atoms with Crippen LogP contribution in [0.3, 0.4) is 0 Å². The van der Waals surface area contributed by atoms with E-state index in [1.807, 2.05) is 0 Å². The predicted octanol–water partition coefficient (Wildman–Crippen LogP) is -4.08. The summed E-state index contributed by atoms with van der Waals surface area (Å²) < 4.78 is 0. The number of carboxylic acids is 1. The van der Waals surface area contributed by atoms with Gasteiger partial charge in [0.15, 0.2) is 17.5 Å². The largest absolute Gasteiger partial charge is 1.00 e. The van der Waals surface area contributed by atoms with Crippen molar-refractivity contribution in [1.29, 1.82) is 0 Å². The van der Waals surface area contributed by atoms with Crippen LogP contribution in [-0.4, -0.2) is 64.4 Å². The molecular formula is C12H16N5NaO6S. The summed E-state index contributed by atoms with van der Waals surface area (Å²) in [4.78, 5) is 48.1. The summed E-state index contributed by atoms with van der Waals surface area (Å²) in [5.74, 6) is -2.45. The van der Waals surface area contributed by atoms with Crippen molar-refractivity contribution in [2.75, 3.05) is 19.5 Å². The molecule has 1 aliphatic heterocycles. The first-order chi connectivity index (χ1) is 11.3. The molecule has 2 heterocycles. The van der Waals surface area contributed by atoms with Crippen molar-refractivity contribution in [2.24, 2.45) is 5.16 Å². The fourth-order valence-corrected chi connectivity index (χ4v) is 2.54. The summed E-state index contributed by atoms with van der Waals surface area (Å²) in [7, 11) is 1.27. The first-order valence-electron chi connectivity index (χ1n) is 6.66. The molecule has 2 amide bonds. The zero-order chi connectivity index (χ0) is 17.9. The Labute approximate surface area is 169 Å². The number of carboxylic acid groups (broad SMARTS) is 1. The number of hydrogen-bond acceptors (Lipinski definition) is 9. The normalized spacial score (nSPS) is 19.7. The van der Waals surface area contributed by atoms with Crippen LogP contribution in [0.1, 0.15) is 14.0 Å². The topological polar surface area (TPSA) is 156 Å². The third-order valence-corrected chi connectivity index (χ3v) is 3.79. The van der Waals surface area contributed by atoms with E-state index in [0.29, 0.717) is 0 Å². The van der Waals surface area contributed by atoms with Crippen LogP contribution in [0.25, 0.3) is 0 Å². The second kappa shape index (κ2) is 9.10. The summed E-state index contributed by atoms with van der Waals surface area (Å²) in [5.41, 5.74) is 5.61. The van der Waals surface area contributed by atoms with Gasteiger partial charge < -0.3 is 22.4 Å². The number of aliphatic carboxylic acids is 1. The maximum absolute atomic E-state index is 12.3. The SMILES string of the molecule is CON=C(C(=O)N[C@@H]1C(=O)N(OCC(=O)O)[C@H]1C)c1csc(N)n1.[H-].[Na+]. The number of carbonyl (C=O) groups excluding carboxylic acids is 2. The maximum Gasteiger partial charge on any atom is 1.00 e. The van der Waals surface area contributed by atoms with Gasteiger partial charge in [0.1, 0.15) is 18.8 Å². The number of oxime groups is 1. The number of carbonyl (C=O) groups is 3. The van der Waals surface area contributed by atoms with Gasteiger partial charge in [0.2, 0.25) is 0 Å². The van der Waals surface area contributed by atoms with E-state index in [0.717, 1.165) is 16.4 Å². The first-order valence-corrected chi connectivity index (χ1v) is 7.54. The van der Waals surface area contributed by atoms with Crippen LogP contribution in [-0.2, 0) is 24.1 Å². The second-order valence-electron chi connectivity index (χ2n) is 4.72. The molecule has 25 heavy (non-hydrogen) atoms. The second-order valence-corrected chi connectivity index (χ2v) is 5.61. The Balaban J connectivity index is 0.00000312. The van der Waals surface area contributed by atoms with Gasteiger partial charge in [-0.3, -0.25) is 14.4 Å². The molecule has 0 radical (unpaired) electrons. The van der Waals surface area contributed by atoms with Crippen molar-refractivity contribution in [3.05, 3.63) is 11.1 Å². The molecule has 1 aromatic rings. The average Bonchev–Trinajstić information content (AvgIpc) is 2.96. The van der Waals surface area contributed by atoms with Gasteiger partial charge in [0, 0.05) is 5.38 Å². The number of nitrogens with one attached hydrogen (secondary N) is 1. The molecule has 0 aromatic carbocycles. The van der Waals surface area contributed by atoms with E-state index >= 15 is 0 Å². The van der Waals surface area contributed by atoms with Crippen molar-refractivity contribution >= 4 is 40.0 Å². The van der Waals surface area contributed by atoms with Crippen molar-refractivity contribution in [3.8, 4) is 0 Å². The molecule has 2 atom stereocenters. The predicted molar refractivity (Wildman–Crippen MR) is 83.0 cm³/mol. The molecule has 0 saturated carbocycles. The van der Waals surface area contributed by atoms with Gasteiger partial charge in [-0.15, -0.1) is 11.3 Å². The summed E-state index contributed by atoms with van der Waals surface area (Å²) >= 11 is 1.12. The van der Waals surface area contributed by atoms with Gasteiger partial charge >= 0.3 is 35.5 Å². The molecule has 0 bridgehead atoms. The number of nitrogens with two attached hydrogens (primary N) is 1. The summed E-state index contributed by atoms with van der Waals surface area (Å²) in [6.45, 7) is 0.952. The van der Waals surface area contributed by atoms with Crippen molar-refractivity contribution in [1.82, 2.24) is 15.4 Å². The molecule has 0 spiro atoms. The van der Waals surface area contributed by atoms with Crippen LogP contribution >= 0.6 is 11.3 Å². The Morgan fingerprint density at radius 3 is 2.76 bits per heavy atom. The number of β-lactam (4-membered cyclic amide) rings is 1. The van der Waals surface area contributed by atoms with E-state index < -0.39 is 36.5 Å². The van der Waals surface area contributed by atoms with Gasteiger partial charge in [-0.1, -0.05) is 5.16 Å². The summed E-state index contributed by atoms with van der Waals surface area (Å²) in [6.07, 6.45) is 0. The van der Waals surface area contributed by atoms with Crippen LogP contribution < -0.4 is 40.6 Å². The molecule has 1 saturated heterocycles. The third kappa shape index (κ3) is 4.89. The average molecular weight is 381 g/mol. The number of aromatic nitrogens is 1. The van der Waals surface area contributed by atoms with Crippen molar-refractivity contribution in [3.63, 3.8) is 0 Å². The van der Waals surface area contributed by atoms with E-state index in [1.165, 1.54) is 12.5 Å². The number of anilines is 1. The Morgan fingerprint density at radius 2 is 2.28 bits per heavy atom. The zero-order valence-corrected chi connectivity index (χ0v) is 16.6. The number of nitrogens with zero attached hydrogens (tertiary/aromatic N) is 3. The van der Waals surface area contributed by atoms with Gasteiger partial charge in [0.05, 0.1) is 6.04 Å². The van der Waals surface area contributed by atoms with Gasteiger partial charge in [0.25, 0.3) is 11.8 Å². The number of nitrogen functional groups attached to an aromatic ring is 1. The van der Waals surface area contributed by atoms with Crippen LogP contribution in [0, 0.1) is 0 Å². The van der Waals surface area contributed by atoms with Crippen LogP contribution in [0.4, 0.5) is 5.13 Å². The van der Waals surface area contributed by atoms with Crippen LogP contribution in [0.5, 0.6) is 0 Å². The number of hydrogen-bond donors (Lipinski definition) is 3. The van der Waals surface area contributed by atoms with Gasteiger partial charge in [-0.25, -0.2) is 14.8 Å². The fourth-order valence-electron chi connectivity index (χ4n) is 1.99. The number of thiazole rings is 1. The molecular weight excluding hydrogens is 365 g/mol. The standard InChI is InChI=1S/C12H15N5O6S.Na.H/c1-5-8(11(21)17(5)23-3-7(18)19)15-10(20)9(16-22-2)6-4-24-12(13)14-6;;/h4-5,8H,3H2,1-2H3,(H2,13,14)(H,15,20)(H,18,19);;/q;+1;-1/t5-,8-;;/m0../s1. The van der Waals surface area contributed by atoms with E-state index in [4.69, 9.17) is 15.7 Å². The number of hydroxylamine groups is 2. The van der Waals surface area contributed by atoms with E-state index in [-0.39, 0.29) is 47.5 Å². The van der Waals surface area contributed by atoms with E-state index in [2.05, 4.69) is 20.3 Å². The van der Waals surface area contributed by atoms with E-state index in [9.17, 15) is 14.4 Å². The van der Waals surface area contributed by atoms with Gasteiger partial charge in [-0.2, -0.15) is 0 Å². The molecule has 1 aliphatic rings. The smallest absolute Gasteiger partial charge is 1.00 e. The van der Waals surface area contributed by atoms with Crippen molar-refractivity contribution in [2.45, 2.75) is 19.0 Å². The molecule has 0 unspecified atom stereocenters. The minimum absolute atomic E-state index is 0.